The molecule has 0 aromatic heterocycles. The van der Waals surface area contributed by atoms with E-state index in [-0.39, 0.29) is 27.4 Å². The number of halogens is 2. The van der Waals surface area contributed by atoms with Crippen LogP contribution in [0.2, 0.25) is 5.02 Å². The van der Waals surface area contributed by atoms with E-state index in [1.807, 2.05) is 0 Å². The van der Waals surface area contributed by atoms with E-state index >= 15 is 0 Å². The number of nitrogens with zero attached hydrogens (tertiary/aromatic N) is 1. The second-order valence-electron chi connectivity index (χ2n) is 7.76. The molecule has 2 aliphatic carbocycles. The third-order valence-electron chi connectivity index (χ3n) is 5.59. The van der Waals surface area contributed by atoms with E-state index < -0.39 is 15.8 Å². The molecule has 0 bridgehead atoms. The van der Waals surface area contributed by atoms with Gasteiger partial charge in [-0.25, -0.2) is 12.8 Å². The van der Waals surface area contributed by atoms with E-state index in [1.165, 1.54) is 49.5 Å². The minimum Gasteiger partial charge on any atom is -0.349 e. The summed E-state index contributed by atoms with van der Waals surface area (Å²) < 4.78 is 40.2. The summed E-state index contributed by atoms with van der Waals surface area (Å²) in [7, 11) is -2.56. The van der Waals surface area contributed by atoms with Gasteiger partial charge < -0.3 is 5.32 Å². The zero-order valence-electron chi connectivity index (χ0n) is 15.9. The predicted molar refractivity (Wildman–Crippen MR) is 110 cm³/mol. The maximum Gasteiger partial charge on any atom is 0.264 e. The Morgan fingerprint density at radius 2 is 1.69 bits per heavy atom. The second kappa shape index (κ2) is 7.61. The molecule has 1 amide bonds. The van der Waals surface area contributed by atoms with Gasteiger partial charge in [-0.2, -0.15) is 0 Å². The van der Waals surface area contributed by atoms with Crippen molar-refractivity contribution in [3.05, 3.63) is 58.9 Å². The summed E-state index contributed by atoms with van der Waals surface area (Å²) in [4.78, 5) is 12.8. The van der Waals surface area contributed by atoms with Crippen molar-refractivity contribution in [2.75, 3.05) is 11.4 Å². The molecule has 8 heteroatoms. The smallest absolute Gasteiger partial charge is 0.264 e. The highest BCUT2D eigenvalue weighted by molar-refractivity contribution is 7.92. The van der Waals surface area contributed by atoms with E-state index in [4.69, 9.17) is 11.6 Å². The standard InChI is InChI=1S/C21H22ClFN2O3S/c1-25(16-8-6-15(23)7-9-16)29(27,28)17-10-11-19(22)18(12-17)21(26)24-20(13-2-3-13)14-4-5-14/h6-14,20H,2-5H2,1H3,(H,24,26). The third-order valence-corrected chi connectivity index (χ3v) is 7.70. The largest absolute Gasteiger partial charge is 0.349 e. The van der Waals surface area contributed by atoms with Crippen molar-refractivity contribution in [2.24, 2.45) is 11.8 Å². The first-order chi connectivity index (χ1) is 13.8. The molecule has 4 rings (SSSR count). The summed E-state index contributed by atoms with van der Waals surface area (Å²) >= 11 is 6.22. The molecule has 2 aromatic rings. The molecule has 0 spiro atoms. The minimum absolute atomic E-state index is 0.0479. The SMILES string of the molecule is CN(c1ccc(F)cc1)S(=O)(=O)c1ccc(Cl)c(C(=O)NC(C2CC2)C2CC2)c1. The number of benzene rings is 2. The second-order valence-corrected chi connectivity index (χ2v) is 10.1. The summed E-state index contributed by atoms with van der Waals surface area (Å²) in [6, 6.07) is 9.39. The van der Waals surface area contributed by atoms with Crippen molar-refractivity contribution in [3.63, 3.8) is 0 Å². The topological polar surface area (TPSA) is 66.5 Å². The number of sulfonamides is 1. The first-order valence-electron chi connectivity index (χ1n) is 9.62. The number of rotatable bonds is 7. The normalized spacial score (nSPS) is 16.7. The van der Waals surface area contributed by atoms with Gasteiger partial charge in [-0.3, -0.25) is 9.10 Å². The lowest BCUT2D eigenvalue weighted by Gasteiger charge is -2.21. The maximum absolute atomic E-state index is 13.2. The van der Waals surface area contributed by atoms with Gasteiger partial charge in [-0.05, 0) is 80.0 Å². The Morgan fingerprint density at radius 3 is 2.24 bits per heavy atom. The van der Waals surface area contributed by atoms with Crippen molar-refractivity contribution in [3.8, 4) is 0 Å². The van der Waals surface area contributed by atoms with Gasteiger partial charge in [0.15, 0.2) is 0 Å². The number of hydrogen-bond donors (Lipinski definition) is 1. The van der Waals surface area contributed by atoms with E-state index in [2.05, 4.69) is 5.32 Å². The van der Waals surface area contributed by atoms with Crippen LogP contribution in [0.5, 0.6) is 0 Å². The summed E-state index contributed by atoms with van der Waals surface area (Å²) in [6.07, 6.45) is 4.47. The molecule has 2 aliphatic rings. The number of hydrogen-bond acceptors (Lipinski definition) is 3. The van der Waals surface area contributed by atoms with Gasteiger partial charge in [0.05, 0.1) is 21.2 Å². The average molecular weight is 437 g/mol. The number of amides is 1. The zero-order valence-corrected chi connectivity index (χ0v) is 17.5. The van der Waals surface area contributed by atoms with Crippen molar-refractivity contribution < 1.29 is 17.6 Å². The Labute approximate surface area is 174 Å². The Kier molecular flexibility index (Phi) is 5.29. The van der Waals surface area contributed by atoms with E-state index in [0.717, 1.165) is 30.0 Å². The van der Waals surface area contributed by atoms with E-state index in [0.29, 0.717) is 17.5 Å². The van der Waals surface area contributed by atoms with Gasteiger partial charge in [-0.1, -0.05) is 11.6 Å². The molecule has 29 heavy (non-hydrogen) atoms. The Bertz CT molecular complexity index is 1020. The van der Waals surface area contributed by atoms with Crippen LogP contribution in [-0.2, 0) is 10.0 Å². The highest BCUT2D eigenvalue weighted by Gasteiger charge is 2.42. The third kappa shape index (κ3) is 4.26. The lowest BCUT2D eigenvalue weighted by atomic mass is 10.1. The fourth-order valence-electron chi connectivity index (χ4n) is 3.55. The van der Waals surface area contributed by atoms with Crippen LogP contribution in [0.4, 0.5) is 10.1 Å². The highest BCUT2D eigenvalue weighted by atomic mass is 35.5. The number of carbonyl (C=O) groups is 1. The maximum atomic E-state index is 13.2. The van der Waals surface area contributed by atoms with E-state index in [9.17, 15) is 17.6 Å². The molecule has 2 saturated carbocycles. The number of nitrogens with one attached hydrogen (secondary N) is 1. The van der Waals surface area contributed by atoms with Crippen LogP contribution in [0.25, 0.3) is 0 Å². The van der Waals surface area contributed by atoms with Gasteiger partial charge in [0.2, 0.25) is 0 Å². The van der Waals surface area contributed by atoms with E-state index in [1.54, 1.807) is 0 Å². The molecule has 0 heterocycles. The summed E-state index contributed by atoms with van der Waals surface area (Å²) in [5.41, 5.74) is 0.460. The van der Waals surface area contributed by atoms with Crippen LogP contribution < -0.4 is 9.62 Å². The van der Waals surface area contributed by atoms with Crippen molar-refractivity contribution in [1.82, 2.24) is 5.32 Å². The van der Waals surface area contributed by atoms with Crippen LogP contribution in [0.1, 0.15) is 36.0 Å². The molecule has 0 saturated heterocycles. The van der Waals surface area contributed by atoms with Crippen molar-refractivity contribution >= 4 is 33.2 Å². The molecular weight excluding hydrogens is 415 g/mol. The number of carbonyl (C=O) groups excluding carboxylic acids is 1. The molecule has 0 radical (unpaired) electrons. The molecule has 0 aliphatic heterocycles. The first-order valence-corrected chi connectivity index (χ1v) is 11.4. The molecule has 2 aromatic carbocycles. The number of anilines is 1. The molecular formula is C21H22ClFN2O3S. The average Bonchev–Trinajstić information content (AvgIpc) is 3.60. The fraction of sp³-hybridized carbons (Fsp3) is 0.381. The lowest BCUT2D eigenvalue weighted by Crippen LogP contribution is -2.38. The Hall–Kier alpha value is -2.12. The summed E-state index contributed by atoms with van der Waals surface area (Å²) in [5.74, 6) is 0.231. The zero-order chi connectivity index (χ0) is 20.8. The summed E-state index contributed by atoms with van der Waals surface area (Å²) in [5, 5.41) is 3.28. The molecule has 0 atom stereocenters. The van der Waals surface area contributed by atoms with Gasteiger partial charge in [-0.15, -0.1) is 0 Å². The molecule has 1 N–H and O–H groups in total. The van der Waals surface area contributed by atoms with Crippen molar-refractivity contribution in [2.45, 2.75) is 36.6 Å². The quantitative estimate of drug-likeness (QED) is 0.706. The van der Waals surface area contributed by atoms with Gasteiger partial charge >= 0.3 is 0 Å². The highest BCUT2D eigenvalue weighted by Crippen LogP contribution is 2.44. The van der Waals surface area contributed by atoms with Gasteiger partial charge in [0.1, 0.15) is 5.82 Å². The Morgan fingerprint density at radius 1 is 1.10 bits per heavy atom. The summed E-state index contributed by atoms with van der Waals surface area (Å²) in [6.45, 7) is 0. The minimum atomic E-state index is -3.94. The monoisotopic (exact) mass is 436 g/mol. The van der Waals surface area contributed by atoms with Crippen LogP contribution >= 0.6 is 11.6 Å². The van der Waals surface area contributed by atoms with Crippen LogP contribution in [-0.4, -0.2) is 27.4 Å². The van der Waals surface area contributed by atoms with Crippen LogP contribution in [0.3, 0.4) is 0 Å². The van der Waals surface area contributed by atoms with Crippen LogP contribution in [0, 0.1) is 17.7 Å². The fourth-order valence-corrected chi connectivity index (χ4v) is 4.97. The molecule has 154 valence electrons. The Balaban J connectivity index is 1.59. The van der Waals surface area contributed by atoms with Crippen LogP contribution in [0.15, 0.2) is 47.4 Å². The molecule has 2 fully saturated rings. The van der Waals surface area contributed by atoms with Gasteiger partial charge in [0.25, 0.3) is 15.9 Å². The predicted octanol–water partition coefficient (Wildman–Crippen LogP) is 4.22. The first kappa shape index (κ1) is 20.2. The lowest BCUT2D eigenvalue weighted by molar-refractivity contribution is 0.0926. The molecule has 0 unspecified atom stereocenters. The molecule has 5 nitrogen and oxygen atoms in total. The van der Waals surface area contributed by atoms with Gasteiger partial charge in [0, 0.05) is 13.1 Å². The van der Waals surface area contributed by atoms with Crippen molar-refractivity contribution in [1.29, 1.82) is 0 Å².